The fourth-order valence-corrected chi connectivity index (χ4v) is 4.13. The maximum absolute atomic E-state index is 12.3. The summed E-state index contributed by atoms with van der Waals surface area (Å²) in [5.41, 5.74) is 2.17. The van der Waals surface area contributed by atoms with Gasteiger partial charge in [0, 0.05) is 18.3 Å². The molecule has 0 aromatic heterocycles. The van der Waals surface area contributed by atoms with Gasteiger partial charge in [-0.3, -0.25) is 0 Å². The number of hydrogen-bond acceptors (Lipinski definition) is 3. The summed E-state index contributed by atoms with van der Waals surface area (Å²) >= 11 is 0. The van der Waals surface area contributed by atoms with Crippen LogP contribution in [0.5, 0.6) is 0 Å². The molecular formula is C13H18N2O2S. The lowest BCUT2D eigenvalue weighted by atomic mass is 10.2. The number of rotatable bonds is 3. The van der Waals surface area contributed by atoms with Gasteiger partial charge in [0.15, 0.2) is 0 Å². The van der Waals surface area contributed by atoms with E-state index < -0.39 is 10.0 Å². The molecule has 1 heterocycles. The van der Waals surface area contributed by atoms with Crippen molar-refractivity contribution in [1.82, 2.24) is 4.72 Å². The van der Waals surface area contributed by atoms with E-state index in [1.165, 1.54) is 0 Å². The third-order valence-electron chi connectivity index (χ3n) is 3.77. The zero-order valence-corrected chi connectivity index (χ0v) is 11.1. The summed E-state index contributed by atoms with van der Waals surface area (Å²) < 4.78 is 27.3. The molecule has 0 amide bonds. The molecule has 0 saturated heterocycles. The standard InChI is InChI=1S/C13H18N2O2S/c16-18(17,15-11-3-1-2-4-11)12-5-6-13-10(9-12)7-8-14-13/h5-6,9,11,14-15H,1-4,7-8H2. The second-order valence-corrected chi connectivity index (χ2v) is 6.81. The van der Waals surface area contributed by atoms with E-state index in [1.54, 1.807) is 12.1 Å². The minimum absolute atomic E-state index is 0.126. The van der Waals surface area contributed by atoms with Gasteiger partial charge in [0.05, 0.1) is 4.90 Å². The second-order valence-electron chi connectivity index (χ2n) is 5.10. The van der Waals surface area contributed by atoms with Crippen molar-refractivity contribution in [1.29, 1.82) is 0 Å². The van der Waals surface area contributed by atoms with Gasteiger partial charge in [-0.05, 0) is 43.0 Å². The zero-order valence-electron chi connectivity index (χ0n) is 10.3. The number of anilines is 1. The Morgan fingerprint density at radius 2 is 2.00 bits per heavy atom. The van der Waals surface area contributed by atoms with Gasteiger partial charge in [0.2, 0.25) is 10.0 Å². The van der Waals surface area contributed by atoms with E-state index >= 15 is 0 Å². The molecule has 0 unspecified atom stereocenters. The highest BCUT2D eigenvalue weighted by Gasteiger charge is 2.24. The highest BCUT2D eigenvalue weighted by molar-refractivity contribution is 7.89. The molecule has 2 N–H and O–H groups in total. The average Bonchev–Trinajstić information content (AvgIpc) is 2.97. The normalized spacial score (nSPS) is 19.8. The summed E-state index contributed by atoms with van der Waals surface area (Å²) in [6.45, 7) is 0.898. The van der Waals surface area contributed by atoms with E-state index in [0.29, 0.717) is 4.90 Å². The largest absolute Gasteiger partial charge is 0.384 e. The molecule has 0 spiro atoms. The Balaban J connectivity index is 1.84. The lowest BCUT2D eigenvalue weighted by Crippen LogP contribution is -2.32. The molecular weight excluding hydrogens is 248 g/mol. The Morgan fingerprint density at radius 3 is 2.78 bits per heavy atom. The third-order valence-corrected chi connectivity index (χ3v) is 5.29. The second kappa shape index (κ2) is 4.55. The Kier molecular flexibility index (Phi) is 3.03. The number of hydrogen-bond donors (Lipinski definition) is 2. The van der Waals surface area contributed by atoms with Crippen LogP contribution in [-0.2, 0) is 16.4 Å². The van der Waals surface area contributed by atoms with Crippen LogP contribution in [0.4, 0.5) is 5.69 Å². The average molecular weight is 266 g/mol. The van der Waals surface area contributed by atoms with E-state index in [2.05, 4.69) is 10.0 Å². The molecule has 18 heavy (non-hydrogen) atoms. The molecule has 5 heteroatoms. The van der Waals surface area contributed by atoms with Gasteiger partial charge < -0.3 is 5.32 Å². The van der Waals surface area contributed by atoms with Crippen molar-refractivity contribution in [3.05, 3.63) is 23.8 Å². The Labute approximate surface area is 108 Å². The lowest BCUT2D eigenvalue weighted by molar-refractivity contribution is 0.552. The number of benzene rings is 1. The topological polar surface area (TPSA) is 58.2 Å². The van der Waals surface area contributed by atoms with E-state index in [0.717, 1.165) is 49.9 Å². The molecule has 2 aliphatic rings. The van der Waals surface area contributed by atoms with Crippen LogP contribution in [0.15, 0.2) is 23.1 Å². The van der Waals surface area contributed by atoms with Crippen LogP contribution in [0.3, 0.4) is 0 Å². The number of fused-ring (bicyclic) bond motifs is 1. The van der Waals surface area contributed by atoms with Crippen molar-refractivity contribution in [2.45, 2.75) is 43.0 Å². The SMILES string of the molecule is O=S(=O)(NC1CCCC1)c1ccc2c(c1)CCN2. The van der Waals surface area contributed by atoms with E-state index in [1.807, 2.05) is 6.07 Å². The molecule has 1 aliphatic carbocycles. The monoisotopic (exact) mass is 266 g/mol. The van der Waals surface area contributed by atoms with Crippen molar-refractivity contribution in [3.8, 4) is 0 Å². The van der Waals surface area contributed by atoms with Crippen LogP contribution < -0.4 is 10.0 Å². The molecule has 0 atom stereocenters. The van der Waals surface area contributed by atoms with Crippen molar-refractivity contribution in [2.75, 3.05) is 11.9 Å². The molecule has 1 saturated carbocycles. The Bertz CT molecular complexity index is 548. The van der Waals surface area contributed by atoms with Crippen LogP contribution in [-0.4, -0.2) is 21.0 Å². The first kappa shape index (κ1) is 12.0. The molecule has 4 nitrogen and oxygen atoms in total. The third kappa shape index (κ3) is 2.24. The van der Waals surface area contributed by atoms with Crippen LogP contribution in [0.2, 0.25) is 0 Å². The molecule has 98 valence electrons. The predicted molar refractivity (Wildman–Crippen MR) is 71.2 cm³/mol. The molecule has 3 rings (SSSR count). The Morgan fingerprint density at radius 1 is 1.22 bits per heavy atom. The predicted octanol–water partition coefficient (Wildman–Crippen LogP) is 1.88. The van der Waals surface area contributed by atoms with Crippen molar-refractivity contribution >= 4 is 15.7 Å². The van der Waals surface area contributed by atoms with E-state index in [4.69, 9.17) is 0 Å². The molecule has 0 bridgehead atoms. The molecule has 1 aromatic rings. The Hall–Kier alpha value is -1.07. The molecule has 1 fully saturated rings. The van der Waals surface area contributed by atoms with Gasteiger partial charge in [-0.2, -0.15) is 0 Å². The first-order valence-corrected chi connectivity index (χ1v) is 8.03. The summed E-state index contributed by atoms with van der Waals surface area (Å²) in [5, 5.41) is 3.24. The summed E-state index contributed by atoms with van der Waals surface area (Å²) in [6.07, 6.45) is 5.09. The number of nitrogens with one attached hydrogen (secondary N) is 2. The van der Waals surface area contributed by atoms with Crippen molar-refractivity contribution < 1.29 is 8.42 Å². The summed E-state index contributed by atoms with van der Waals surface area (Å²) in [4.78, 5) is 0.400. The maximum atomic E-state index is 12.3. The highest BCUT2D eigenvalue weighted by Crippen LogP contribution is 2.26. The van der Waals surface area contributed by atoms with Gasteiger partial charge in [-0.1, -0.05) is 12.8 Å². The zero-order chi connectivity index (χ0) is 12.6. The van der Waals surface area contributed by atoms with E-state index in [9.17, 15) is 8.42 Å². The fraction of sp³-hybridized carbons (Fsp3) is 0.538. The quantitative estimate of drug-likeness (QED) is 0.878. The molecule has 1 aliphatic heterocycles. The highest BCUT2D eigenvalue weighted by atomic mass is 32.2. The van der Waals surface area contributed by atoms with Crippen LogP contribution in [0, 0.1) is 0 Å². The van der Waals surface area contributed by atoms with Gasteiger partial charge in [0.25, 0.3) is 0 Å². The van der Waals surface area contributed by atoms with Crippen LogP contribution in [0.1, 0.15) is 31.2 Å². The van der Waals surface area contributed by atoms with Gasteiger partial charge >= 0.3 is 0 Å². The minimum Gasteiger partial charge on any atom is -0.384 e. The van der Waals surface area contributed by atoms with Crippen LogP contribution >= 0.6 is 0 Å². The molecule has 1 aromatic carbocycles. The van der Waals surface area contributed by atoms with E-state index in [-0.39, 0.29) is 6.04 Å². The smallest absolute Gasteiger partial charge is 0.240 e. The van der Waals surface area contributed by atoms with Crippen molar-refractivity contribution in [3.63, 3.8) is 0 Å². The lowest BCUT2D eigenvalue weighted by Gasteiger charge is -2.13. The first-order valence-electron chi connectivity index (χ1n) is 6.54. The maximum Gasteiger partial charge on any atom is 0.240 e. The summed E-state index contributed by atoms with van der Waals surface area (Å²) in [6, 6.07) is 5.48. The number of sulfonamides is 1. The van der Waals surface area contributed by atoms with Gasteiger partial charge in [0.1, 0.15) is 0 Å². The van der Waals surface area contributed by atoms with Crippen LogP contribution in [0.25, 0.3) is 0 Å². The summed E-state index contributed by atoms with van der Waals surface area (Å²) in [7, 11) is -3.34. The molecule has 0 radical (unpaired) electrons. The fourth-order valence-electron chi connectivity index (χ4n) is 2.78. The van der Waals surface area contributed by atoms with Crippen molar-refractivity contribution in [2.24, 2.45) is 0 Å². The van der Waals surface area contributed by atoms with Gasteiger partial charge in [-0.15, -0.1) is 0 Å². The van der Waals surface area contributed by atoms with Gasteiger partial charge in [-0.25, -0.2) is 13.1 Å². The summed E-state index contributed by atoms with van der Waals surface area (Å²) in [5.74, 6) is 0. The first-order chi connectivity index (χ1) is 8.65. The minimum atomic E-state index is -3.34.